The molecule has 5 heteroatoms. The second-order valence-corrected chi connectivity index (χ2v) is 7.65. The number of carbonyl (C=O) groups is 1. The van der Waals surface area contributed by atoms with Crippen LogP contribution in [0.3, 0.4) is 0 Å². The average molecular weight is 376 g/mol. The number of para-hydroxylation sites is 1. The van der Waals surface area contributed by atoms with Gasteiger partial charge in [-0.2, -0.15) is 0 Å². The van der Waals surface area contributed by atoms with Crippen LogP contribution in [0.1, 0.15) is 58.9 Å². The van der Waals surface area contributed by atoms with Gasteiger partial charge in [-0.3, -0.25) is 4.79 Å². The molecule has 2 aromatic rings. The number of carbonyl (C=O) groups excluding carboxylic acids is 1. The first kappa shape index (κ1) is 23.2. The first-order valence-corrected chi connectivity index (χ1v) is 9.95. The van der Waals surface area contributed by atoms with Crippen LogP contribution >= 0.6 is 0 Å². The Morgan fingerprint density at radius 2 is 2.00 bits per heavy atom. The molecule has 3 rings (SSSR count). The van der Waals surface area contributed by atoms with Gasteiger partial charge in [0.1, 0.15) is 5.60 Å². The summed E-state index contributed by atoms with van der Waals surface area (Å²) < 4.78 is 4.55. The van der Waals surface area contributed by atoms with Crippen molar-refractivity contribution in [2.75, 3.05) is 20.1 Å². The van der Waals surface area contributed by atoms with E-state index in [2.05, 4.69) is 52.1 Å². The second kappa shape index (κ2) is 11.1. The fourth-order valence-electron chi connectivity index (χ4n) is 3.48. The number of H-pyrrole nitrogens is 1. The van der Waals surface area contributed by atoms with Gasteiger partial charge in [0.15, 0.2) is 0 Å². The van der Waals surface area contributed by atoms with Gasteiger partial charge in [-0.1, -0.05) is 32.0 Å². The molecule has 1 aromatic carbocycles. The number of rotatable bonds is 4. The largest absolute Gasteiger partial charge is 0.462 e. The lowest BCUT2D eigenvalue weighted by atomic mass is 9.90. The normalized spacial score (nSPS) is 18.1. The Kier molecular flexibility index (Phi) is 9.53. The zero-order valence-electron chi connectivity index (χ0n) is 17.8. The Balaban J connectivity index is 0.000000346. The monoisotopic (exact) mass is 375 g/mol. The van der Waals surface area contributed by atoms with E-state index in [1.54, 1.807) is 0 Å². The molecule has 3 N–H and O–H groups in total. The van der Waals surface area contributed by atoms with E-state index in [4.69, 9.17) is 5.73 Å². The molecule has 0 amide bonds. The maximum Gasteiger partial charge on any atom is 0.293 e. The molecule has 5 nitrogen and oxygen atoms in total. The van der Waals surface area contributed by atoms with Gasteiger partial charge in [-0.25, -0.2) is 0 Å². The third-order valence-electron chi connectivity index (χ3n) is 4.72. The van der Waals surface area contributed by atoms with E-state index >= 15 is 0 Å². The van der Waals surface area contributed by atoms with Crippen molar-refractivity contribution in [2.24, 2.45) is 5.73 Å². The highest BCUT2D eigenvalue weighted by Gasteiger charge is 2.30. The molecular weight excluding hydrogens is 338 g/mol. The molecule has 0 bridgehead atoms. The van der Waals surface area contributed by atoms with E-state index in [1.165, 1.54) is 35.9 Å². The minimum Gasteiger partial charge on any atom is -0.462 e. The second-order valence-electron chi connectivity index (χ2n) is 7.65. The number of hydrogen-bond acceptors (Lipinski definition) is 4. The lowest BCUT2D eigenvalue weighted by Gasteiger charge is -2.28. The first-order valence-electron chi connectivity index (χ1n) is 9.95. The number of aromatic nitrogens is 1. The van der Waals surface area contributed by atoms with E-state index in [1.807, 2.05) is 34.6 Å². The van der Waals surface area contributed by atoms with Gasteiger partial charge in [0, 0.05) is 35.6 Å². The SMILES string of the molecule is CC.CC(C)(C)OC=O.CN1CCCC1C(CN)c1c[nH]c2ccccc12. The van der Waals surface area contributed by atoms with Gasteiger partial charge >= 0.3 is 0 Å². The highest BCUT2D eigenvalue weighted by atomic mass is 16.5. The summed E-state index contributed by atoms with van der Waals surface area (Å²) >= 11 is 0. The lowest BCUT2D eigenvalue weighted by Crippen LogP contribution is -2.34. The van der Waals surface area contributed by atoms with Crippen LogP contribution in [0.4, 0.5) is 0 Å². The van der Waals surface area contributed by atoms with Crippen molar-refractivity contribution >= 4 is 17.4 Å². The quantitative estimate of drug-likeness (QED) is 0.782. The van der Waals surface area contributed by atoms with Crippen LogP contribution in [0, 0.1) is 0 Å². The molecule has 1 fully saturated rings. The first-order chi connectivity index (χ1) is 12.9. The van der Waals surface area contributed by atoms with Gasteiger partial charge in [0.05, 0.1) is 0 Å². The van der Waals surface area contributed by atoms with Crippen molar-refractivity contribution in [3.05, 3.63) is 36.0 Å². The van der Waals surface area contributed by atoms with Crippen molar-refractivity contribution in [1.82, 2.24) is 9.88 Å². The van der Waals surface area contributed by atoms with Crippen LogP contribution in [-0.4, -0.2) is 48.1 Å². The van der Waals surface area contributed by atoms with E-state index in [9.17, 15) is 4.79 Å². The van der Waals surface area contributed by atoms with Gasteiger partial charge < -0.3 is 20.4 Å². The number of aromatic amines is 1. The average Bonchev–Trinajstić information content (AvgIpc) is 3.25. The number of hydrogen-bond donors (Lipinski definition) is 2. The van der Waals surface area contributed by atoms with Crippen LogP contribution in [0.25, 0.3) is 10.9 Å². The van der Waals surface area contributed by atoms with Gasteiger partial charge in [0.2, 0.25) is 0 Å². The number of fused-ring (bicyclic) bond motifs is 1. The summed E-state index contributed by atoms with van der Waals surface area (Å²) in [6, 6.07) is 9.09. The van der Waals surface area contributed by atoms with Crippen molar-refractivity contribution in [2.45, 2.75) is 65.0 Å². The zero-order valence-corrected chi connectivity index (χ0v) is 17.8. The summed E-state index contributed by atoms with van der Waals surface area (Å²) in [6.07, 6.45) is 4.70. The number of nitrogens with zero attached hydrogens (tertiary/aromatic N) is 1. The number of likely N-dealkylation sites (N-methyl/N-ethyl adjacent to an activating group) is 1. The van der Waals surface area contributed by atoms with Crippen LogP contribution in [-0.2, 0) is 9.53 Å². The van der Waals surface area contributed by atoms with E-state index < -0.39 is 0 Å². The summed E-state index contributed by atoms with van der Waals surface area (Å²) in [6.45, 7) is 11.8. The van der Waals surface area contributed by atoms with Crippen molar-refractivity contribution in [3.63, 3.8) is 0 Å². The topological polar surface area (TPSA) is 71.3 Å². The molecule has 1 aliphatic heterocycles. The standard InChI is InChI=1S/C15H21N3.C5H10O2.C2H6/c1-18-8-4-7-15(18)12(9-16)13-10-17-14-6-3-2-5-11(13)14;1-5(2,3)7-4-6;1-2/h2-3,5-6,10,12,15,17H,4,7-9,16H2,1H3;4H,1-3H3;1-2H3. The Hall–Kier alpha value is -1.85. The molecule has 1 saturated heterocycles. The maximum absolute atomic E-state index is 9.60. The maximum atomic E-state index is 9.60. The van der Waals surface area contributed by atoms with Crippen molar-refractivity contribution < 1.29 is 9.53 Å². The molecular formula is C22H37N3O2. The van der Waals surface area contributed by atoms with Crippen LogP contribution < -0.4 is 5.73 Å². The number of nitrogens with two attached hydrogens (primary N) is 1. The molecule has 0 radical (unpaired) electrons. The molecule has 2 heterocycles. The summed E-state index contributed by atoms with van der Waals surface area (Å²) in [5.41, 5.74) is 8.33. The Morgan fingerprint density at radius 1 is 1.33 bits per heavy atom. The highest BCUT2D eigenvalue weighted by Crippen LogP contribution is 2.33. The molecule has 1 aliphatic rings. The molecule has 2 atom stereocenters. The Bertz CT molecular complexity index is 675. The number of benzene rings is 1. The Labute approximate surface area is 164 Å². The summed E-state index contributed by atoms with van der Waals surface area (Å²) in [5.74, 6) is 0.439. The summed E-state index contributed by atoms with van der Waals surface area (Å²) in [7, 11) is 2.22. The van der Waals surface area contributed by atoms with Gasteiger partial charge in [-0.05, 0) is 58.8 Å². The van der Waals surface area contributed by atoms with Crippen LogP contribution in [0.5, 0.6) is 0 Å². The fraction of sp³-hybridized carbons (Fsp3) is 0.591. The van der Waals surface area contributed by atoms with Crippen LogP contribution in [0.2, 0.25) is 0 Å². The van der Waals surface area contributed by atoms with Crippen LogP contribution in [0.15, 0.2) is 30.5 Å². The molecule has 0 saturated carbocycles. The molecule has 2 unspecified atom stereocenters. The van der Waals surface area contributed by atoms with E-state index in [0.717, 1.165) is 6.54 Å². The molecule has 1 aromatic heterocycles. The smallest absolute Gasteiger partial charge is 0.293 e. The molecule has 27 heavy (non-hydrogen) atoms. The number of likely N-dealkylation sites (tertiary alicyclic amines) is 1. The minimum absolute atomic E-state index is 0.318. The number of ether oxygens (including phenoxy) is 1. The van der Waals surface area contributed by atoms with Crippen molar-refractivity contribution in [3.8, 4) is 0 Å². The predicted molar refractivity (Wildman–Crippen MR) is 114 cm³/mol. The van der Waals surface area contributed by atoms with Gasteiger partial charge in [0.25, 0.3) is 6.47 Å². The summed E-state index contributed by atoms with van der Waals surface area (Å²) in [5, 5.41) is 1.33. The van der Waals surface area contributed by atoms with E-state index in [0.29, 0.717) is 18.4 Å². The third-order valence-corrected chi connectivity index (χ3v) is 4.72. The van der Waals surface area contributed by atoms with Gasteiger partial charge in [-0.15, -0.1) is 0 Å². The molecule has 0 aliphatic carbocycles. The van der Waals surface area contributed by atoms with E-state index in [-0.39, 0.29) is 5.60 Å². The van der Waals surface area contributed by atoms with Crippen molar-refractivity contribution in [1.29, 1.82) is 0 Å². The fourth-order valence-corrected chi connectivity index (χ4v) is 3.48. The number of nitrogens with one attached hydrogen (secondary N) is 1. The summed E-state index contributed by atoms with van der Waals surface area (Å²) in [4.78, 5) is 15.4. The lowest BCUT2D eigenvalue weighted by molar-refractivity contribution is -0.138. The zero-order chi connectivity index (χ0) is 20.4. The third kappa shape index (κ3) is 6.67. The predicted octanol–water partition coefficient (Wildman–Crippen LogP) is 4.29. The highest BCUT2D eigenvalue weighted by molar-refractivity contribution is 5.83. The minimum atomic E-state index is -0.318. The Morgan fingerprint density at radius 3 is 2.48 bits per heavy atom. The molecule has 0 spiro atoms. The molecule has 152 valence electrons.